The number of aliphatic hydroxyl groups is 1. The van der Waals surface area contributed by atoms with Crippen molar-refractivity contribution in [2.24, 2.45) is 46.6 Å². The Balaban J connectivity index is 2.68. The van der Waals surface area contributed by atoms with E-state index in [1.807, 2.05) is 27.7 Å². The smallest absolute Gasteiger partial charge is 0.243 e. The van der Waals surface area contributed by atoms with E-state index in [0.717, 1.165) is 32.1 Å². The first-order valence-corrected chi connectivity index (χ1v) is 26.9. The van der Waals surface area contributed by atoms with Crippen molar-refractivity contribution in [3.63, 3.8) is 0 Å². The molecule has 1 saturated heterocycles. The number of amides is 7. The molecular formula is C53H91N11O10. The lowest BCUT2D eigenvalue weighted by Crippen LogP contribution is -2.59. The average molecular weight is 1040 g/mol. The Bertz CT molecular complexity index is 1920. The number of benzene rings is 1. The highest BCUT2D eigenvalue weighted by Gasteiger charge is 2.36. The van der Waals surface area contributed by atoms with Crippen molar-refractivity contribution in [3.05, 3.63) is 35.9 Å². The highest BCUT2D eigenvalue weighted by atomic mass is 16.3. The van der Waals surface area contributed by atoms with Crippen LogP contribution in [0.5, 0.6) is 0 Å². The molecule has 1 aromatic rings. The van der Waals surface area contributed by atoms with Crippen molar-refractivity contribution >= 4 is 52.9 Å². The minimum Gasteiger partial charge on any atom is -0.393 e. The molecule has 0 unspecified atom stereocenters. The molecule has 9 atom stereocenters. The van der Waals surface area contributed by atoms with Crippen LogP contribution in [0.2, 0.25) is 0 Å². The van der Waals surface area contributed by atoms with E-state index in [1.165, 1.54) is 0 Å². The molecular weight excluding hydrogens is 951 g/mol. The van der Waals surface area contributed by atoms with Crippen LogP contribution in [0.3, 0.4) is 0 Å². The Morgan fingerprint density at radius 2 is 1.12 bits per heavy atom. The van der Waals surface area contributed by atoms with Crippen LogP contribution in [-0.2, 0) is 49.6 Å². The van der Waals surface area contributed by atoms with Crippen molar-refractivity contribution in [1.29, 1.82) is 0 Å². The first-order chi connectivity index (χ1) is 35.3. The lowest BCUT2D eigenvalue weighted by atomic mass is 9.89. The molecule has 0 aliphatic carbocycles. The van der Waals surface area contributed by atoms with Gasteiger partial charge < -0.3 is 65.3 Å². The Morgan fingerprint density at radius 1 is 0.622 bits per heavy atom. The number of hydrogen-bond donors (Lipinski definition) is 12. The Kier molecular flexibility index (Phi) is 31.3. The Hall–Kier alpha value is -5.35. The monoisotopic (exact) mass is 1040 g/mol. The maximum Gasteiger partial charge on any atom is 0.243 e. The van der Waals surface area contributed by atoms with Crippen LogP contribution in [0.4, 0.5) is 0 Å². The quantitative estimate of drug-likeness (QED) is 0.0560. The summed E-state index contributed by atoms with van der Waals surface area (Å²) in [4.78, 5) is 127. The molecule has 21 heteroatoms. The number of rotatable bonds is 26. The molecule has 418 valence electrons. The van der Waals surface area contributed by atoms with Crippen molar-refractivity contribution in [3.8, 4) is 0 Å². The van der Waals surface area contributed by atoms with E-state index in [9.17, 15) is 48.3 Å². The van der Waals surface area contributed by atoms with Gasteiger partial charge in [0, 0.05) is 31.2 Å². The fourth-order valence-electron chi connectivity index (χ4n) is 8.93. The SMILES string of the molecule is CCCCCCC[C@@H](O)CC(=O)N[C@H](CCN)C(=O)C[C@H]1CCNC(=O)[C@H](CC(C)C)NC(=O)[C@H](CCN)NC(=O)[C@H](CCN)NC(=O)[C@H](CC(C)C)NC(=O)[C@@H](Cc2ccccc2)CC(=O)[C@H](CCN)NC1=O. The molecule has 1 heterocycles. The predicted molar refractivity (Wildman–Crippen MR) is 283 cm³/mol. The summed E-state index contributed by atoms with van der Waals surface area (Å²) >= 11 is 0. The van der Waals surface area contributed by atoms with Crippen LogP contribution in [0.15, 0.2) is 30.3 Å². The zero-order chi connectivity index (χ0) is 55.2. The van der Waals surface area contributed by atoms with Gasteiger partial charge in [-0.25, -0.2) is 0 Å². The summed E-state index contributed by atoms with van der Waals surface area (Å²) in [5.41, 5.74) is 24.4. The van der Waals surface area contributed by atoms with Crippen molar-refractivity contribution in [2.75, 3.05) is 32.7 Å². The van der Waals surface area contributed by atoms with Gasteiger partial charge in [0.25, 0.3) is 0 Å². The van der Waals surface area contributed by atoms with E-state index < -0.39 is 120 Å². The number of carbonyl (C=O) groups is 9. The lowest BCUT2D eigenvalue weighted by Gasteiger charge is -2.28. The van der Waals surface area contributed by atoms with Crippen LogP contribution in [-0.4, -0.2) is 133 Å². The molecule has 0 saturated carbocycles. The van der Waals surface area contributed by atoms with Gasteiger partial charge in [-0.1, -0.05) is 97.1 Å². The zero-order valence-corrected chi connectivity index (χ0v) is 44.7. The number of Topliss-reactive ketones (excluding diaryl/α,β-unsaturated/α-hetero) is 2. The van der Waals surface area contributed by atoms with E-state index in [4.69, 9.17) is 22.9 Å². The number of nitrogens with one attached hydrogen (secondary N) is 7. The molecule has 1 aliphatic heterocycles. The third kappa shape index (κ3) is 24.8. The summed E-state index contributed by atoms with van der Waals surface area (Å²) in [6, 6.07) is 1.80. The molecule has 1 fully saturated rings. The summed E-state index contributed by atoms with van der Waals surface area (Å²) in [5.74, 6) is -8.30. The van der Waals surface area contributed by atoms with Gasteiger partial charge in [0.1, 0.15) is 24.2 Å². The van der Waals surface area contributed by atoms with Gasteiger partial charge in [-0.05, 0) is 101 Å². The van der Waals surface area contributed by atoms with Gasteiger partial charge >= 0.3 is 0 Å². The second-order valence-corrected chi connectivity index (χ2v) is 20.6. The van der Waals surface area contributed by atoms with Gasteiger partial charge in [0.2, 0.25) is 41.4 Å². The molecule has 0 aromatic heterocycles. The van der Waals surface area contributed by atoms with E-state index in [0.29, 0.717) is 12.0 Å². The van der Waals surface area contributed by atoms with E-state index in [2.05, 4.69) is 44.1 Å². The predicted octanol–water partition coefficient (Wildman–Crippen LogP) is 0.407. The van der Waals surface area contributed by atoms with Gasteiger partial charge in [-0.3, -0.25) is 43.2 Å². The van der Waals surface area contributed by atoms with Gasteiger partial charge in [-0.15, -0.1) is 0 Å². The third-order valence-electron chi connectivity index (χ3n) is 13.0. The lowest BCUT2D eigenvalue weighted by molar-refractivity contribution is -0.136. The van der Waals surface area contributed by atoms with Gasteiger partial charge in [-0.2, -0.15) is 0 Å². The van der Waals surface area contributed by atoms with E-state index in [1.54, 1.807) is 30.3 Å². The van der Waals surface area contributed by atoms with Crippen LogP contribution < -0.4 is 60.2 Å². The second-order valence-electron chi connectivity index (χ2n) is 20.6. The van der Waals surface area contributed by atoms with Crippen LogP contribution in [0.1, 0.15) is 143 Å². The van der Waals surface area contributed by atoms with Gasteiger partial charge in [0.05, 0.1) is 24.6 Å². The average Bonchev–Trinajstić information content (AvgIpc) is 3.34. The van der Waals surface area contributed by atoms with Crippen LogP contribution >= 0.6 is 0 Å². The number of aliphatic hydroxyl groups excluding tert-OH is 1. The van der Waals surface area contributed by atoms with Crippen LogP contribution in [0.25, 0.3) is 0 Å². The second kappa shape index (κ2) is 35.8. The highest BCUT2D eigenvalue weighted by molar-refractivity contribution is 5.98. The van der Waals surface area contributed by atoms with Crippen molar-refractivity contribution in [1.82, 2.24) is 37.2 Å². The Labute approximate surface area is 438 Å². The molecule has 2 rings (SSSR count). The molecule has 16 N–H and O–H groups in total. The fourth-order valence-corrected chi connectivity index (χ4v) is 8.93. The third-order valence-corrected chi connectivity index (χ3v) is 13.0. The summed E-state index contributed by atoms with van der Waals surface area (Å²) in [7, 11) is 0. The summed E-state index contributed by atoms with van der Waals surface area (Å²) in [6.45, 7) is 9.20. The molecule has 0 radical (unpaired) electrons. The van der Waals surface area contributed by atoms with E-state index >= 15 is 0 Å². The van der Waals surface area contributed by atoms with E-state index in [-0.39, 0.29) is 102 Å². The van der Waals surface area contributed by atoms with Crippen molar-refractivity contribution < 1.29 is 48.3 Å². The van der Waals surface area contributed by atoms with Crippen LogP contribution in [0, 0.1) is 23.7 Å². The van der Waals surface area contributed by atoms with Crippen molar-refractivity contribution in [2.45, 2.75) is 186 Å². The number of hydrogen-bond acceptors (Lipinski definition) is 14. The first kappa shape index (κ1) is 64.8. The number of carbonyl (C=O) groups excluding carboxylic acids is 9. The Morgan fingerprint density at radius 3 is 1.68 bits per heavy atom. The number of nitrogens with two attached hydrogens (primary N) is 4. The molecule has 1 aromatic carbocycles. The number of ketones is 2. The standard InChI is InChI=1S/C53H91N11O10/c1-6-7-8-9-13-16-38(65)32-47(68)59-39(17-22-54)45(66)30-36-21-26-58-50(71)43(27-33(2)3)64-52(73)42(20-25-57)61-51(72)41(19-24-56)62-53(74)44(28-34(4)5)63-49(70)37(29-35-14-11-10-12-15-35)31-46(67)40(18-23-55)60-48(36)69/h10-12,14-15,33-34,36-44,65H,6-9,13,16-32,54-57H2,1-5H3,(H,58,71)(H,59,68)(H,60,69)(H,61,72)(H,62,74)(H,63,70)(H,64,73)/t36-,37+,38-,39-,40+,41+,42+,43+,44+/m1/s1. The molecule has 0 spiro atoms. The largest absolute Gasteiger partial charge is 0.393 e. The molecule has 1 aliphatic rings. The maximum atomic E-state index is 14.5. The minimum absolute atomic E-state index is 0.00430. The highest BCUT2D eigenvalue weighted by Crippen LogP contribution is 2.20. The molecule has 21 nitrogen and oxygen atoms in total. The molecule has 74 heavy (non-hydrogen) atoms. The minimum atomic E-state index is -1.24. The summed E-state index contributed by atoms with van der Waals surface area (Å²) in [6.07, 6.45) is 3.39. The zero-order valence-electron chi connectivity index (χ0n) is 44.7. The normalized spacial score (nSPS) is 23.2. The maximum absolute atomic E-state index is 14.5. The summed E-state index contributed by atoms with van der Waals surface area (Å²) < 4.78 is 0. The number of unbranched alkanes of at least 4 members (excludes halogenated alkanes) is 4. The molecule has 7 amide bonds. The summed E-state index contributed by atoms with van der Waals surface area (Å²) in [5, 5.41) is 29.8. The topological polar surface area (TPSA) is 362 Å². The fraction of sp³-hybridized carbons (Fsp3) is 0.717. The molecule has 0 bridgehead atoms. The van der Waals surface area contributed by atoms with Gasteiger partial charge in [0.15, 0.2) is 11.6 Å². The first-order valence-electron chi connectivity index (χ1n) is 26.9.